The number of carbonyl (C=O) groups excluding carboxylic acids is 1. The molecule has 1 saturated heterocycles. The van der Waals surface area contributed by atoms with Crippen molar-refractivity contribution in [3.8, 4) is 11.5 Å². The Kier molecular flexibility index (Phi) is 6.87. The summed E-state index contributed by atoms with van der Waals surface area (Å²) in [6.45, 7) is 1.13. The summed E-state index contributed by atoms with van der Waals surface area (Å²) in [5.74, 6) is -4.83. The molecule has 3 heterocycles. The molecule has 11 heteroatoms. The zero-order chi connectivity index (χ0) is 26.1. The predicted octanol–water partition coefficient (Wildman–Crippen LogP) is 2.99. The molecule has 2 atom stereocenters. The first kappa shape index (κ1) is 25.4. The number of hydrogen-bond donors (Lipinski definition) is 3. The quantitative estimate of drug-likeness (QED) is 0.457. The largest absolute Gasteiger partial charge is 0.456 e. The molecule has 1 amide bonds. The molecule has 190 valence electrons. The van der Waals surface area contributed by atoms with Gasteiger partial charge in [0.2, 0.25) is 5.91 Å². The Morgan fingerprint density at radius 2 is 1.94 bits per heavy atom. The van der Waals surface area contributed by atoms with Gasteiger partial charge in [0, 0.05) is 37.8 Å². The van der Waals surface area contributed by atoms with Crippen LogP contribution in [0.4, 0.5) is 13.2 Å². The highest BCUT2D eigenvalue weighted by atomic mass is 19.3. The van der Waals surface area contributed by atoms with Gasteiger partial charge in [0.25, 0.3) is 11.5 Å². The minimum absolute atomic E-state index is 0.0968. The molecular formula is C25H26F3N5O3. The molecule has 1 aliphatic heterocycles. The summed E-state index contributed by atoms with van der Waals surface area (Å²) in [6, 6.07) is 9.90. The first-order valence-electron chi connectivity index (χ1n) is 11.3. The second kappa shape index (κ2) is 9.75. The van der Waals surface area contributed by atoms with Crippen molar-refractivity contribution >= 4 is 5.91 Å². The van der Waals surface area contributed by atoms with E-state index in [-0.39, 0.29) is 36.5 Å². The number of pyridine rings is 2. The molecule has 0 saturated carbocycles. The SMILES string of the molecule is CC(C(N)=O)(c1ccc(Oc2ccc(F)cc2)cn1)N1CCC(F)(F)C(c2c[nH]c(=O)c(CN)c2)C1. The van der Waals surface area contributed by atoms with E-state index in [2.05, 4.69) is 9.97 Å². The van der Waals surface area contributed by atoms with Crippen molar-refractivity contribution in [3.05, 3.63) is 87.9 Å². The molecule has 1 aliphatic rings. The van der Waals surface area contributed by atoms with Gasteiger partial charge in [0.15, 0.2) is 0 Å². The van der Waals surface area contributed by atoms with E-state index in [0.29, 0.717) is 11.5 Å². The number of H-pyrrole nitrogens is 1. The number of nitrogens with two attached hydrogens (primary N) is 2. The highest BCUT2D eigenvalue weighted by molar-refractivity contribution is 5.85. The summed E-state index contributed by atoms with van der Waals surface area (Å²) < 4.78 is 48.8. The van der Waals surface area contributed by atoms with Crippen molar-refractivity contribution in [2.75, 3.05) is 13.1 Å². The van der Waals surface area contributed by atoms with Crippen LogP contribution in [0.15, 0.2) is 59.7 Å². The number of amides is 1. The third-order valence-corrected chi connectivity index (χ3v) is 6.65. The molecule has 1 aromatic carbocycles. The lowest BCUT2D eigenvalue weighted by Crippen LogP contribution is -2.59. The molecule has 0 aliphatic carbocycles. The summed E-state index contributed by atoms with van der Waals surface area (Å²) in [7, 11) is 0. The minimum Gasteiger partial charge on any atom is -0.456 e. The van der Waals surface area contributed by atoms with E-state index in [4.69, 9.17) is 16.2 Å². The standard InChI is InChI=1S/C25H26F3N5O3/c1-24(23(30)35,21-7-6-19(13-31-21)36-18-4-2-17(26)3-5-18)33-9-8-25(27,28)20(14-33)16-10-15(11-29)22(34)32-12-16/h2-7,10,12-13,20H,8-9,11,14,29H2,1H3,(H2,30,35)(H,32,34). The van der Waals surface area contributed by atoms with Crippen LogP contribution < -0.4 is 21.8 Å². The van der Waals surface area contributed by atoms with Crippen LogP contribution in [0.3, 0.4) is 0 Å². The fourth-order valence-electron chi connectivity index (χ4n) is 4.37. The number of carbonyl (C=O) groups is 1. The predicted molar refractivity (Wildman–Crippen MR) is 126 cm³/mol. The molecule has 1 fully saturated rings. The Labute approximate surface area is 205 Å². The third-order valence-electron chi connectivity index (χ3n) is 6.65. The summed E-state index contributed by atoms with van der Waals surface area (Å²) in [5, 5.41) is 0. The van der Waals surface area contributed by atoms with Crippen molar-refractivity contribution in [1.29, 1.82) is 0 Å². The first-order chi connectivity index (χ1) is 17.0. The van der Waals surface area contributed by atoms with Gasteiger partial charge in [-0.2, -0.15) is 0 Å². The molecule has 0 spiro atoms. The maximum Gasteiger partial charge on any atom is 0.257 e. The number of aromatic amines is 1. The van der Waals surface area contributed by atoms with Crippen molar-refractivity contribution in [3.63, 3.8) is 0 Å². The average molecular weight is 502 g/mol. The number of likely N-dealkylation sites (tertiary alicyclic amines) is 1. The maximum absolute atomic E-state index is 15.0. The number of nitrogens with zero attached hydrogens (tertiary/aromatic N) is 2. The van der Waals surface area contributed by atoms with E-state index < -0.39 is 41.1 Å². The van der Waals surface area contributed by atoms with Crippen LogP contribution >= 0.6 is 0 Å². The lowest BCUT2D eigenvalue weighted by Gasteiger charge is -2.46. The van der Waals surface area contributed by atoms with E-state index in [1.165, 1.54) is 55.7 Å². The number of halogens is 3. The fraction of sp³-hybridized carbons (Fsp3) is 0.320. The number of hydrogen-bond acceptors (Lipinski definition) is 6. The number of benzene rings is 1. The van der Waals surface area contributed by atoms with Crippen LogP contribution in [0, 0.1) is 5.82 Å². The second-order valence-corrected chi connectivity index (χ2v) is 8.87. The van der Waals surface area contributed by atoms with E-state index >= 15 is 8.78 Å². The zero-order valence-corrected chi connectivity index (χ0v) is 19.5. The van der Waals surface area contributed by atoms with Crippen molar-refractivity contribution in [2.24, 2.45) is 11.5 Å². The van der Waals surface area contributed by atoms with Crippen molar-refractivity contribution < 1.29 is 22.7 Å². The smallest absolute Gasteiger partial charge is 0.257 e. The van der Waals surface area contributed by atoms with E-state index in [1.54, 1.807) is 11.0 Å². The summed E-state index contributed by atoms with van der Waals surface area (Å²) in [5.41, 5.74) is 10.1. The molecule has 3 aromatic rings. The minimum atomic E-state index is -3.08. The van der Waals surface area contributed by atoms with Crippen molar-refractivity contribution in [1.82, 2.24) is 14.9 Å². The van der Waals surface area contributed by atoms with Crippen molar-refractivity contribution in [2.45, 2.75) is 37.3 Å². The van der Waals surface area contributed by atoms with E-state index in [1.807, 2.05) is 0 Å². The number of ether oxygens (including phenoxy) is 1. The Bertz CT molecular complexity index is 1300. The van der Waals surface area contributed by atoms with Gasteiger partial charge in [-0.3, -0.25) is 19.5 Å². The topological polar surface area (TPSA) is 127 Å². The van der Waals surface area contributed by atoms with Crippen LogP contribution in [0.25, 0.3) is 0 Å². The van der Waals surface area contributed by atoms with Gasteiger partial charge in [-0.05, 0) is 55.0 Å². The highest BCUT2D eigenvalue weighted by Gasteiger charge is 2.51. The molecular weight excluding hydrogens is 475 g/mol. The fourth-order valence-corrected chi connectivity index (χ4v) is 4.37. The number of primary amides is 1. The summed E-state index contributed by atoms with van der Waals surface area (Å²) in [4.78, 5) is 33.0. The second-order valence-electron chi connectivity index (χ2n) is 8.87. The summed E-state index contributed by atoms with van der Waals surface area (Å²) in [6.07, 6.45) is 2.11. The van der Waals surface area contributed by atoms with Crippen LogP contribution in [-0.4, -0.2) is 39.8 Å². The highest BCUT2D eigenvalue weighted by Crippen LogP contribution is 2.43. The average Bonchev–Trinajstić information content (AvgIpc) is 2.85. The zero-order valence-electron chi connectivity index (χ0n) is 19.5. The first-order valence-corrected chi connectivity index (χ1v) is 11.3. The molecule has 8 nitrogen and oxygen atoms in total. The number of alkyl halides is 2. The number of aromatic nitrogens is 2. The number of piperidine rings is 1. The van der Waals surface area contributed by atoms with Gasteiger partial charge in [0.05, 0.1) is 17.8 Å². The van der Waals surface area contributed by atoms with Gasteiger partial charge in [0.1, 0.15) is 22.9 Å². The Hall–Kier alpha value is -3.70. The van der Waals surface area contributed by atoms with E-state index in [9.17, 15) is 14.0 Å². The van der Waals surface area contributed by atoms with Crippen LogP contribution in [0.2, 0.25) is 0 Å². The molecule has 4 rings (SSSR count). The Balaban J connectivity index is 1.62. The molecule has 2 unspecified atom stereocenters. The number of nitrogens with one attached hydrogen (secondary N) is 1. The number of rotatable bonds is 7. The normalized spacial score (nSPS) is 19.4. The third kappa shape index (κ3) is 4.84. The summed E-state index contributed by atoms with van der Waals surface area (Å²) >= 11 is 0. The monoisotopic (exact) mass is 501 g/mol. The van der Waals surface area contributed by atoms with Gasteiger partial charge >= 0.3 is 0 Å². The molecule has 0 radical (unpaired) electrons. The van der Waals surface area contributed by atoms with Crippen LogP contribution in [0.5, 0.6) is 11.5 Å². The maximum atomic E-state index is 15.0. The van der Waals surface area contributed by atoms with Crippen LogP contribution in [-0.2, 0) is 16.9 Å². The molecule has 5 N–H and O–H groups in total. The lowest BCUT2D eigenvalue weighted by atomic mass is 9.83. The molecule has 0 bridgehead atoms. The molecule has 2 aromatic heterocycles. The van der Waals surface area contributed by atoms with Crippen LogP contribution in [0.1, 0.15) is 36.1 Å². The van der Waals surface area contributed by atoms with Gasteiger partial charge in [-0.1, -0.05) is 0 Å². The van der Waals surface area contributed by atoms with Gasteiger partial charge in [-0.25, -0.2) is 13.2 Å². The Morgan fingerprint density at radius 1 is 1.25 bits per heavy atom. The van der Waals surface area contributed by atoms with E-state index in [0.717, 1.165) is 0 Å². The Morgan fingerprint density at radius 3 is 2.56 bits per heavy atom. The van der Waals surface area contributed by atoms with Gasteiger partial charge in [-0.15, -0.1) is 0 Å². The molecule has 36 heavy (non-hydrogen) atoms. The lowest BCUT2D eigenvalue weighted by molar-refractivity contribution is -0.139. The van der Waals surface area contributed by atoms with Gasteiger partial charge < -0.3 is 21.2 Å².